The van der Waals surface area contributed by atoms with Gasteiger partial charge in [-0.15, -0.1) is 11.3 Å². The first-order valence-corrected chi connectivity index (χ1v) is 9.24. The molecule has 3 N–H and O–H groups in total. The molecule has 5 nitrogen and oxygen atoms in total. The molecule has 0 radical (unpaired) electrons. The number of amides is 1. The summed E-state index contributed by atoms with van der Waals surface area (Å²) >= 11 is 1.83. The number of carbonyl (C=O) groups excluding carboxylic acids is 1. The zero-order chi connectivity index (χ0) is 16.8. The Bertz CT molecular complexity index is 652. The van der Waals surface area contributed by atoms with Gasteiger partial charge in [0.1, 0.15) is 38.5 Å². The number of thiophene rings is 1. The van der Waals surface area contributed by atoms with Crippen LogP contribution in [0.25, 0.3) is 0 Å². The normalized spacial score (nSPS) is 20.5. The van der Waals surface area contributed by atoms with Crippen molar-refractivity contribution in [3.05, 3.63) is 46.7 Å². The van der Waals surface area contributed by atoms with Gasteiger partial charge in [0, 0.05) is 11.8 Å². The summed E-state index contributed by atoms with van der Waals surface area (Å²) in [6, 6.07) is 11.8. The average Bonchev–Trinajstić information content (AvgIpc) is 3.10. The number of nitrogens with one attached hydrogen (secondary N) is 3. The first kappa shape index (κ1) is 17.0. The highest BCUT2D eigenvalue weighted by Gasteiger charge is 2.25. The van der Waals surface area contributed by atoms with Crippen LogP contribution in [0.4, 0.5) is 5.69 Å². The molecule has 128 valence electrons. The van der Waals surface area contributed by atoms with E-state index < -0.39 is 0 Å². The molecule has 1 aliphatic rings. The van der Waals surface area contributed by atoms with Gasteiger partial charge in [0.15, 0.2) is 6.54 Å². The number of quaternary nitrogens is 2. The third-order valence-electron chi connectivity index (χ3n) is 4.43. The highest BCUT2D eigenvalue weighted by atomic mass is 32.1. The third-order valence-corrected chi connectivity index (χ3v) is 5.31. The second-order valence-electron chi connectivity index (χ2n) is 6.21. The third kappa shape index (κ3) is 4.80. The van der Waals surface area contributed by atoms with Gasteiger partial charge in [0.05, 0.1) is 12.0 Å². The molecule has 1 aromatic carbocycles. The zero-order valence-electron chi connectivity index (χ0n) is 14.0. The van der Waals surface area contributed by atoms with E-state index in [9.17, 15) is 4.79 Å². The Morgan fingerprint density at radius 3 is 2.67 bits per heavy atom. The second-order valence-corrected chi connectivity index (χ2v) is 7.25. The fourth-order valence-corrected chi connectivity index (χ4v) is 3.88. The maximum absolute atomic E-state index is 12.2. The number of rotatable bonds is 6. The van der Waals surface area contributed by atoms with Crippen LogP contribution in [0.5, 0.6) is 5.75 Å². The van der Waals surface area contributed by atoms with Crippen LogP contribution in [0.1, 0.15) is 4.88 Å². The summed E-state index contributed by atoms with van der Waals surface area (Å²) in [6.07, 6.45) is 0. The van der Waals surface area contributed by atoms with E-state index in [1.54, 1.807) is 12.0 Å². The van der Waals surface area contributed by atoms with Crippen molar-refractivity contribution in [1.82, 2.24) is 0 Å². The molecule has 0 atom stereocenters. The lowest BCUT2D eigenvalue weighted by Gasteiger charge is -2.29. The van der Waals surface area contributed by atoms with E-state index in [4.69, 9.17) is 4.74 Å². The number of hydrogen-bond donors (Lipinski definition) is 3. The summed E-state index contributed by atoms with van der Waals surface area (Å²) in [4.78, 5) is 16.7. The predicted molar refractivity (Wildman–Crippen MR) is 95.9 cm³/mol. The van der Waals surface area contributed by atoms with Crippen molar-refractivity contribution in [3.63, 3.8) is 0 Å². The Morgan fingerprint density at radius 2 is 1.96 bits per heavy atom. The Hall–Kier alpha value is -1.89. The van der Waals surface area contributed by atoms with Gasteiger partial charge in [-0.25, -0.2) is 0 Å². The van der Waals surface area contributed by atoms with Crippen LogP contribution in [-0.4, -0.2) is 45.7 Å². The standard InChI is InChI=1S/C18H23N3O2S/c1-23-16-5-2-4-15(12-16)19-18(22)14-21-9-7-20(8-10-21)13-17-6-3-11-24-17/h2-6,11-12H,7-10,13-14H2,1H3,(H,19,22)/p+2. The Labute approximate surface area is 146 Å². The fourth-order valence-electron chi connectivity index (χ4n) is 3.10. The molecule has 0 aliphatic carbocycles. The molecular formula is C18H25N3O2S+2. The fraction of sp³-hybridized carbons (Fsp3) is 0.389. The van der Waals surface area contributed by atoms with Crippen molar-refractivity contribution < 1.29 is 19.3 Å². The maximum atomic E-state index is 12.2. The van der Waals surface area contributed by atoms with Gasteiger partial charge in [0.25, 0.3) is 5.91 Å². The van der Waals surface area contributed by atoms with Crippen LogP contribution in [0.2, 0.25) is 0 Å². The lowest BCUT2D eigenvalue weighted by atomic mass is 10.2. The van der Waals surface area contributed by atoms with E-state index >= 15 is 0 Å². The van der Waals surface area contributed by atoms with Gasteiger partial charge in [-0.1, -0.05) is 12.1 Å². The highest BCUT2D eigenvalue weighted by Crippen LogP contribution is 2.16. The van der Waals surface area contributed by atoms with Gasteiger partial charge in [0.2, 0.25) is 0 Å². The van der Waals surface area contributed by atoms with Crippen LogP contribution >= 0.6 is 11.3 Å². The van der Waals surface area contributed by atoms with Crippen molar-refractivity contribution >= 4 is 22.9 Å². The van der Waals surface area contributed by atoms with E-state index in [0.29, 0.717) is 6.54 Å². The largest absolute Gasteiger partial charge is 0.497 e. The second kappa shape index (κ2) is 8.28. The molecule has 1 amide bonds. The maximum Gasteiger partial charge on any atom is 0.279 e. The van der Waals surface area contributed by atoms with E-state index in [-0.39, 0.29) is 5.91 Å². The van der Waals surface area contributed by atoms with Crippen LogP contribution in [0.15, 0.2) is 41.8 Å². The molecule has 1 aromatic heterocycles. The van der Waals surface area contributed by atoms with Crippen molar-refractivity contribution in [2.75, 3.05) is 45.2 Å². The van der Waals surface area contributed by atoms with Crippen molar-refractivity contribution in [2.45, 2.75) is 6.54 Å². The van der Waals surface area contributed by atoms with Crippen molar-refractivity contribution in [1.29, 1.82) is 0 Å². The monoisotopic (exact) mass is 347 g/mol. The van der Waals surface area contributed by atoms with Crippen LogP contribution in [0.3, 0.4) is 0 Å². The molecule has 3 rings (SSSR count). The Balaban J connectivity index is 1.42. The molecule has 0 unspecified atom stereocenters. The van der Waals surface area contributed by atoms with E-state index in [1.807, 2.05) is 35.6 Å². The molecule has 24 heavy (non-hydrogen) atoms. The summed E-state index contributed by atoms with van der Waals surface area (Å²) in [5, 5.41) is 5.10. The molecule has 1 saturated heterocycles. The summed E-state index contributed by atoms with van der Waals surface area (Å²) in [7, 11) is 1.63. The molecule has 0 bridgehead atoms. The zero-order valence-corrected chi connectivity index (χ0v) is 14.8. The smallest absolute Gasteiger partial charge is 0.279 e. The summed E-state index contributed by atoms with van der Waals surface area (Å²) < 4.78 is 5.18. The number of ether oxygens (including phenoxy) is 1. The number of benzene rings is 1. The minimum Gasteiger partial charge on any atom is -0.497 e. The van der Waals surface area contributed by atoms with E-state index in [1.165, 1.54) is 9.78 Å². The molecule has 0 spiro atoms. The van der Waals surface area contributed by atoms with Crippen LogP contribution in [0, 0.1) is 0 Å². The summed E-state index contributed by atoms with van der Waals surface area (Å²) in [5.74, 6) is 0.825. The quantitative estimate of drug-likeness (QED) is 0.671. The number of methoxy groups -OCH3 is 1. The predicted octanol–water partition coefficient (Wildman–Crippen LogP) is -0.321. The summed E-state index contributed by atoms with van der Waals surface area (Å²) in [6.45, 7) is 5.99. The molecule has 2 aromatic rings. The average molecular weight is 347 g/mol. The SMILES string of the molecule is COc1cccc(NC(=O)C[NH+]2CC[NH+](Cc3cccs3)CC2)c1. The van der Waals surface area contributed by atoms with Crippen LogP contribution in [-0.2, 0) is 11.3 Å². The molecule has 0 saturated carbocycles. The van der Waals surface area contributed by atoms with E-state index in [2.05, 4.69) is 22.8 Å². The molecular weight excluding hydrogens is 322 g/mol. The highest BCUT2D eigenvalue weighted by molar-refractivity contribution is 7.09. The lowest BCUT2D eigenvalue weighted by Crippen LogP contribution is -3.28. The number of carbonyl (C=O) groups is 1. The number of anilines is 1. The van der Waals surface area contributed by atoms with E-state index in [0.717, 1.165) is 44.2 Å². The van der Waals surface area contributed by atoms with Gasteiger partial charge < -0.3 is 19.9 Å². The number of hydrogen-bond acceptors (Lipinski definition) is 3. The van der Waals surface area contributed by atoms with Gasteiger partial charge >= 0.3 is 0 Å². The van der Waals surface area contributed by atoms with Crippen molar-refractivity contribution in [2.24, 2.45) is 0 Å². The van der Waals surface area contributed by atoms with Crippen molar-refractivity contribution in [3.8, 4) is 5.75 Å². The van der Waals surface area contributed by atoms with Gasteiger partial charge in [-0.05, 0) is 23.6 Å². The minimum atomic E-state index is 0.0694. The minimum absolute atomic E-state index is 0.0694. The topological polar surface area (TPSA) is 47.2 Å². The van der Waals surface area contributed by atoms with Crippen LogP contribution < -0.4 is 19.9 Å². The molecule has 2 heterocycles. The number of piperazine rings is 1. The molecule has 1 fully saturated rings. The lowest BCUT2D eigenvalue weighted by molar-refractivity contribution is -1.01. The Kier molecular flexibility index (Phi) is 5.85. The van der Waals surface area contributed by atoms with Gasteiger partial charge in [-0.3, -0.25) is 4.79 Å². The first-order valence-electron chi connectivity index (χ1n) is 8.36. The summed E-state index contributed by atoms with van der Waals surface area (Å²) in [5.41, 5.74) is 0.792. The van der Waals surface area contributed by atoms with Gasteiger partial charge in [-0.2, -0.15) is 0 Å². The molecule has 6 heteroatoms. The molecule has 1 aliphatic heterocycles. The Morgan fingerprint density at radius 1 is 1.17 bits per heavy atom. The first-order chi connectivity index (χ1) is 11.7.